The lowest BCUT2D eigenvalue weighted by atomic mass is 10.3. The van der Waals surface area contributed by atoms with Crippen molar-refractivity contribution in [1.29, 1.82) is 0 Å². The number of nitrogens with zero attached hydrogens (tertiary/aromatic N) is 4. The van der Waals surface area contributed by atoms with E-state index in [1.165, 1.54) is 0 Å². The summed E-state index contributed by atoms with van der Waals surface area (Å²) in [4.78, 5) is 6.71. The van der Waals surface area contributed by atoms with E-state index >= 15 is 0 Å². The third-order valence-corrected chi connectivity index (χ3v) is 3.63. The van der Waals surface area contributed by atoms with Crippen LogP contribution in [0.15, 0.2) is 54.9 Å². The van der Waals surface area contributed by atoms with Crippen LogP contribution in [0.1, 0.15) is 0 Å². The van der Waals surface area contributed by atoms with E-state index < -0.39 is 0 Å². The molecule has 0 saturated carbocycles. The van der Waals surface area contributed by atoms with Crippen LogP contribution in [0.3, 0.4) is 0 Å². The van der Waals surface area contributed by atoms with Crippen LogP contribution in [0, 0.1) is 0 Å². The molecule has 0 spiro atoms. The van der Waals surface area contributed by atoms with Crippen LogP contribution in [-0.2, 0) is 0 Å². The molecule has 98 valence electrons. The lowest BCUT2D eigenvalue weighted by Crippen LogP contribution is -2.29. The van der Waals surface area contributed by atoms with Crippen LogP contribution in [-0.4, -0.2) is 23.5 Å². The number of imidazole rings is 1. The summed E-state index contributed by atoms with van der Waals surface area (Å²) in [5.74, 6) is 1.12. The molecule has 4 nitrogen and oxygen atoms in total. The summed E-state index contributed by atoms with van der Waals surface area (Å²) in [6.07, 6.45) is 4.04. The van der Waals surface area contributed by atoms with Crippen molar-refractivity contribution in [3.05, 3.63) is 54.9 Å². The molecule has 0 amide bonds. The van der Waals surface area contributed by atoms with Crippen molar-refractivity contribution < 1.29 is 4.40 Å². The van der Waals surface area contributed by atoms with Crippen molar-refractivity contribution >= 4 is 28.0 Å². The van der Waals surface area contributed by atoms with Crippen molar-refractivity contribution in [3.8, 4) is 0 Å². The molecule has 4 rings (SSSR count). The van der Waals surface area contributed by atoms with E-state index in [-0.39, 0.29) is 0 Å². The Balaban J connectivity index is 2.36. The van der Waals surface area contributed by atoms with Crippen LogP contribution in [0.2, 0.25) is 0 Å². The number of para-hydroxylation sites is 2. The second-order valence-electron chi connectivity index (χ2n) is 5.12. The molecule has 3 aromatic heterocycles. The van der Waals surface area contributed by atoms with Crippen molar-refractivity contribution in [3.63, 3.8) is 0 Å². The fourth-order valence-electron chi connectivity index (χ4n) is 2.83. The summed E-state index contributed by atoms with van der Waals surface area (Å²) in [5, 5.41) is 0. The maximum absolute atomic E-state index is 4.58. The molecule has 0 N–H and O–H groups in total. The lowest BCUT2D eigenvalue weighted by molar-refractivity contribution is -0.497. The summed E-state index contributed by atoms with van der Waals surface area (Å²) in [6.45, 7) is 0. The van der Waals surface area contributed by atoms with E-state index in [0.717, 1.165) is 28.0 Å². The normalized spacial score (nSPS) is 11.5. The van der Waals surface area contributed by atoms with Crippen molar-refractivity contribution in [2.24, 2.45) is 0 Å². The maximum Gasteiger partial charge on any atom is 0.370 e. The Morgan fingerprint density at radius 3 is 2.65 bits per heavy atom. The Kier molecular flexibility index (Phi) is 2.21. The van der Waals surface area contributed by atoms with Gasteiger partial charge in [0.25, 0.3) is 0 Å². The molecule has 4 heteroatoms. The Morgan fingerprint density at radius 2 is 1.80 bits per heavy atom. The molecular formula is C16H15N4+. The van der Waals surface area contributed by atoms with Gasteiger partial charge in [-0.15, -0.1) is 0 Å². The van der Waals surface area contributed by atoms with E-state index in [4.69, 9.17) is 0 Å². The largest absolute Gasteiger partial charge is 0.370 e. The van der Waals surface area contributed by atoms with Crippen LogP contribution in [0.5, 0.6) is 0 Å². The molecule has 0 aliphatic heterocycles. The molecule has 20 heavy (non-hydrogen) atoms. The highest BCUT2D eigenvalue weighted by Crippen LogP contribution is 2.22. The predicted octanol–water partition coefficient (Wildman–Crippen LogP) is 2.29. The first-order valence-electron chi connectivity index (χ1n) is 6.63. The van der Waals surface area contributed by atoms with Crippen molar-refractivity contribution in [2.45, 2.75) is 0 Å². The van der Waals surface area contributed by atoms with Gasteiger partial charge in [-0.25, -0.2) is 9.38 Å². The van der Waals surface area contributed by atoms with E-state index in [1.807, 2.05) is 18.3 Å². The molecule has 0 aliphatic rings. The lowest BCUT2D eigenvalue weighted by Gasteiger charge is -2.05. The van der Waals surface area contributed by atoms with Gasteiger partial charge >= 0.3 is 5.95 Å². The summed E-state index contributed by atoms with van der Waals surface area (Å²) in [6, 6.07) is 14.5. The van der Waals surface area contributed by atoms with E-state index in [0.29, 0.717) is 0 Å². The average molecular weight is 263 g/mol. The summed E-state index contributed by atoms with van der Waals surface area (Å²) < 4.78 is 4.46. The zero-order valence-corrected chi connectivity index (χ0v) is 11.5. The second-order valence-corrected chi connectivity index (χ2v) is 5.12. The number of pyridine rings is 1. The average Bonchev–Trinajstić information content (AvgIpc) is 2.82. The predicted molar refractivity (Wildman–Crippen MR) is 80.2 cm³/mol. The molecule has 0 aliphatic carbocycles. The fourth-order valence-corrected chi connectivity index (χ4v) is 2.83. The highest BCUT2D eigenvalue weighted by atomic mass is 15.3. The smallest absolute Gasteiger partial charge is 0.269 e. The van der Waals surface area contributed by atoms with Gasteiger partial charge in [0.1, 0.15) is 16.6 Å². The molecule has 0 fully saturated rings. The van der Waals surface area contributed by atoms with Gasteiger partial charge < -0.3 is 0 Å². The topological polar surface area (TPSA) is 24.6 Å². The number of rotatable bonds is 1. The van der Waals surface area contributed by atoms with Crippen LogP contribution in [0.25, 0.3) is 22.1 Å². The molecule has 4 aromatic rings. The third kappa shape index (κ3) is 1.36. The van der Waals surface area contributed by atoms with Crippen LogP contribution in [0.4, 0.5) is 5.95 Å². The standard InChI is InChI=1S/C16H15N4/c1-18(2)16-19-10-6-5-9-14(19)15-11-17-12-7-3-4-8-13(12)20(15)16/h3-11H,1-2H3/q+1. The van der Waals surface area contributed by atoms with Crippen LogP contribution >= 0.6 is 0 Å². The third-order valence-electron chi connectivity index (χ3n) is 3.63. The highest BCUT2D eigenvalue weighted by molar-refractivity contribution is 5.84. The Labute approximate surface area is 116 Å². The number of benzene rings is 1. The van der Waals surface area contributed by atoms with Gasteiger partial charge in [0.05, 0.1) is 26.5 Å². The van der Waals surface area contributed by atoms with Crippen LogP contribution < -0.4 is 9.30 Å². The molecule has 0 atom stereocenters. The first kappa shape index (κ1) is 11.2. The quantitative estimate of drug-likeness (QED) is 0.492. The van der Waals surface area contributed by atoms with Gasteiger partial charge in [-0.2, -0.15) is 4.40 Å². The van der Waals surface area contributed by atoms with Gasteiger partial charge in [-0.1, -0.05) is 18.2 Å². The van der Waals surface area contributed by atoms with Crippen molar-refractivity contribution in [1.82, 2.24) is 9.38 Å². The van der Waals surface area contributed by atoms with Gasteiger partial charge in [0, 0.05) is 0 Å². The van der Waals surface area contributed by atoms with E-state index in [9.17, 15) is 0 Å². The monoisotopic (exact) mass is 263 g/mol. The minimum Gasteiger partial charge on any atom is -0.269 e. The summed E-state index contributed by atoms with van der Waals surface area (Å²) in [5.41, 5.74) is 4.41. The van der Waals surface area contributed by atoms with E-state index in [1.54, 1.807) is 0 Å². The molecule has 0 radical (unpaired) electrons. The Morgan fingerprint density at radius 1 is 1.00 bits per heavy atom. The van der Waals surface area contributed by atoms with Gasteiger partial charge in [-0.05, 0) is 24.3 Å². The molecule has 0 unspecified atom stereocenters. The maximum atomic E-state index is 4.58. The van der Waals surface area contributed by atoms with E-state index in [2.05, 4.69) is 69.3 Å². The first-order valence-corrected chi connectivity index (χ1v) is 6.63. The number of hydrogen-bond acceptors (Lipinski definition) is 2. The van der Waals surface area contributed by atoms with Gasteiger partial charge in [0.2, 0.25) is 0 Å². The summed E-state index contributed by atoms with van der Waals surface area (Å²) >= 11 is 0. The minimum atomic E-state index is 1.00. The minimum absolute atomic E-state index is 1.00. The molecule has 1 aromatic carbocycles. The zero-order valence-electron chi connectivity index (χ0n) is 11.5. The van der Waals surface area contributed by atoms with Gasteiger partial charge in [0.15, 0.2) is 5.52 Å². The molecule has 0 bridgehead atoms. The Bertz CT molecular complexity index is 937. The molecule has 3 heterocycles. The zero-order chi connectivity index (χ0) is 13.7. The number of hydrogen-bond donors (Lipinski definition) is 0. The molecule has 0 saturated heterocycles. The fraction of sp³-hybridized carbons (Fsp3) is 0.125. The first-order chi connectivity index (χ1) is 9.77. The highest BCUT2D eigenvalue weighted by Gasteiger charge is 2.22. The van der Waals surface area contributed by atoms with Crippen molar-refractivity contribution in [2.75, 3.05) is 19.0 Å². The second kappa shape index (κ2) is 3.93. The molecular weight excluding hydrogens is 248 g/mol. The SMILES string of the molecule is CN(C)c1n2c3ccccc3ncc2c2cccc[n+]12. The van der Waals surface area contributed by atoms with Gasteiger partial charge in [-0.3, -0.25) is 4.90 Å². The number of aromatic nitrogens is 3. The summed E-state index contributed by atoms with van der Waals surface area (Å²) in [7, 11) is 4.13. The Hall–Kier alpha value is -2.62. The number of fused-ring (bicyclic) bond motifs is 5. The number of anilines is 1.